The van der Waals surface area contributed by atoms with E-state index in [1.165, 1.54) is 57.8 Å². The van der Waals surface area contributed by atoms with Crippen LogP contribution in [0.25, 0.3) is 0 Å². The van der Waals surface area contributed by atoms with E-state index in [-0.39, 0.29) is 21.1 Å². The molecule has 0 unspecified atom stereocenters. The fourth-order valence-corrected chi connectivity index (χ4v) is 4.77. The summed E-state index contributed by atoms with van der Waals surface area (Å²) in [4.78, 5) is 0. The molecule has 0 amide bonds. The maximum absolute atomic E-state index is 2.32. The Kier molecular flexibility index (Phi) is 20.6. The molecule has 0 aliphatic rings. The number of hydrogen-bond donors (Lipinski definition) is 0. The zero-order valence-corrected chi connectivity index (χ0v) is 15.2. The first kappa shape index (κ1) is 20.4. The maximum atomic E-state index is 2.32. The first-order valence-corrected chi connectivity index (χ1v) is 9.47. The van der Waals surface area contributed by atoms with Crippen LogP contribution in [-0.4, -0.2) is 18.5 Å². The fourth-order valence-electron chi connectivity index (χ4n) is 2.09. The van der Waals surface area contributed by atoms with E-state index in [9.17, 15) is 0 Å². The van der Waals surface area contributed by atoms with Crippen LogP contribution in [0.2, 0.25) is 0 Å². The Morgan fingerprint density at radius 1 is 0.529 bits per heavy atom. The summed E-state index contributed by atoms with van der Waals surface area (Å²) in [5.74, 6) is 0. The molecular weight excluding hydrogens is 307 g/mol. The molecule has 0 rings (SSSR count). The van der Waals surface area contributed by atoms with Gasteiger partial charge >= 0.3 is 0 Å². The summed E-state index contributed by atoms with van der Waals surface area (Å²) in [5.41, 5.74) is 0. The Labute approximate surface area is 126 Å². The van der Waals surface area contributed by atoms with Crippen LogP contribution < -0.4 is 0 Å². The molecule has 0 radical (unpaired) electrons. The van der Waals surface area contributed by atoms with Gasteiger partial charge in [0, 0.05) is 21.1 Å². The topological polar surface area (TPSA) is 0 Å². The van der Waals surface area contributed by atoms with Crippen LogP contribution in [0, 0.1) is 0 Å². The number of rotatable bonds is 12. The summed E-state index contributed by atoms with van der Waals surface area (Å²) in [6.45, 7) is 6.95. The van der Waals surface area contributed by atoms with Crippen molar-refractivity contribution in [2.75, 3.05) is 18.5 Å². The summed E-state index contributed by atoms with van der Waals surface area (Å²) in [6.07, 6.45) is 17.7. The van der Waals surface area contributed by atoms with E-state index in [4.69, 9.17) is 0 Å². The second-order valence-corrected chi connectivity index (χ2v) is 7.65. The van der Waals surface area contributed by atoms with Crippen molar-refractivity contribution < 1.29 is 21.1 Å². The zero-order chi connectivity index (χ0) is 12.1. The number of hydrogen-bond acceptors (Lipinski definition) is 0. The minimum absolute atomic E-state index is 0. The van der Waals surface area contributed by atoms with Gasteiger partial charge in [-0.15, -0.1) is 7.92 Å². The van der Waals surface area contributed by atoms with Crippen molar-refractivity contribution >= 4 is 7.92 Å². The van der Waals surface area contributed by atoms with Gasteiger partial charge < -0.3 is 0 Å². The molecule has 0 nitrogen and oxygen atoms in total. The molecule has 0 aromatic rings. The molecule has 0 heterocycles. The van der Waals surface area contributed by atoms with Crippen LogP contribution in [0.3, 0.4) is 0 Å². The van der Waals surface area contributed by atoms with Gasteiger partial charge in [0.25, 0.3) is 0 Å². The molecule has 0 aliphatic carbocycles. The second-order valence-electron chi connectivity index (χ2n) is 4.96. The van der Waals surface area contributed by atoms with Crippen LogP contribution in [0.15, 0.2) is 0 Å². The maximum Gasteiger partial charge on any atom is 0 e. The quantitative estimate of drug-likeness (QED) is 0.231. The van der Waals surface area contributed by atoms with Gasteiger partial charge in [-0.05, 0) is 37.7 Å². The molecule has 0 bridgehead atoms. The summed E-state index contributed by atoms with van der Waals surface area (Å²) in [7, 11) is 0.405. The van der Waals surface area contributed by atoms with Gasteiger partial charge in [0.05, 0.1) is 0 Å². The third-order valence-corrected chi connectivity index (χ3v) is 6.08. The van der Waals surface area contributed by atoms with E-state index in [0.29, 0.717) is 7.92 Å². The summed E-state index contributed by atoms with van der Waals surface area (Å²) < 4.78 is 0. The Morgan fingerprint density at radius 2 is 0.824 bits per heavy atom. The van der Waals surface area contributed by atoms with E-state index < -0.39 is 0 Å². The predicted octanol–water partition coefficient (Wildman–Crippen LogP) is 6.04. The number of unbranched alkanes of at least 4 members (excludes halogenated alkanes) is 6. The largest absolute Gasteiger partial charge is 0.107 e. The SMILES string of the molecule is CCCCCP(CCCCC)CCCCC.[Mo]. The molecule has 0 saturated heterocycles. The van der Waals surface area contributed by atoms with Gasteiger partial charge in [0.15, 0.2) is 0 Å². The van der Waals surface area contributed by atoms with E-state index in [1.54, 1.807) is 18.5 Å². The van der Waals surface area contributed by atoms with Crippen LogP contribution in [-0.2, 0) is 21.1 Å². The standard InChI is InChI=1S/C15H33P.Mo/c1-4-7-10-13-16(14-11-8-5-2)15-12-9-6-3;/h4-15H2,1-3H3;. The van der Waals surface area contributed by atoms with Crippen LogP contribution in [0.1, 0.15) is 78.6 Å². The third-order valence-electron chi connectivity index (χ3n) is 3.23. The second kappa shape index (κ2) is 17.1. The molecule has 0 aromatic carbocycles. The first-order chi connectivity index (χ1) is 7.85. The van der Waals surface area contributed by atoms with Crippen LogP contribution in [0.4, 0.5) is 0 Å². The van der Waals surface area contributed by atoms with Gasteiger partial charge in [0.2, 0.25) is 0 Å². The monoisotopic (exact) mass is 342 g/mol. The minimum Gasteiger partial charge on any atom is -0.107 e. The molecule has 0 aromatic heterocycles. The van der Waals surface area contributed by atoms with Gasteiger partial charge in [-0.25, -0.2) is 0 Å². The van der Waals surface area contributed by atoms with Crippen molar-refractivity contribution in [3.05, 3.63) is 0 Å². The molecule has 0 fully saturated rings. The zero-order valence-electron chi connectivity index (χ0n) is 12.3. The van der Waals surface area contributed by atoms with E-state index in [0.717, 1.165) is 0 Å². The van der Waals surface area contributed by atoms with Crippen LogP contribution >= 0.6 is 7.92 Å². The van der Waals surface area contributed by atoms with E-state index >= 15 is 0 Å². The normalized spacial score (nSPS) is 10.6. The summed E-state index contributed by atoms with van der Waals surface area (Å²) in [5, 5.41) is 0. The van der Waals surface area contributed by atoms with Gasteiger partial charge in [-0.2, -0.15) is 0 Å². The van der Waals surface area contributed by atoms with Gasteiger partial charge in [-0.1, -0.05) is 59.3 Å². The molecule has 17 heavy (non-hydrogen) atoms. The van der Waals surface area contributed by atoms with Crippen molar-refractivity contribution in [2.45, 2.75) is 78.6 Å². The smallest absolute Gasteiger partial charge is 0 e. The summed E-state index contributed by atoms with van der Waals surface area (Å²) >= 11 is 0. The van der Waals surface area contributed by atoms with Crippen molar-refractivity contribution in [3.63, 3.8) is 0 Å². The Balaban J connectivity index is 0. The average Bonchev–Trinajstić information content (AvgIpc) is 2.29. The van der Waals surface area contributed by atoms with Crippen molar-refractivity contribution in [1.29, 1.82) is 0 Å². The Bertz CT molecular complexity index is 104. The molecule has 104 valence electrons. The molecule has 0 saturated carbocycles. The predicted molar refractivity (Wildman–Crippen MR) is 80.1 cm³/mol. The van der Waals surface area contributed by atoms with Crippen molar-refractivity contribution in [3.8, 4) is 0 Å². The van der Waals surface area contributed by atoms with E-state index in [1.807, 2.05) is 0 Å². The molecule has 0 N–H and O–H groups in total. The van der Waals surface area contributed by atoms with E-state index in [2.05, 4.69) is 20.8 Å². The third kappa shape index (κ3) is 15.1. The Morgan fingerprint density at radius 3 is 1.06 bits per heavy atom. The molecule has 0 spiro atoms. The Hall–Kier alpha value is 1.12. The minimum atomic E-state index is 0. The van der Waals surface area contributed by atoms with Crippen molar-refractivity contribution in [2.24, 2.45) is 0 Å². The van der Waals surface area contributed by atoms with Gasteiger partial charge in [-0.3, -0.25) is 0 Å². The molecule has 0 atom stereocenters. The van der Waals surface area contributed by atoms with Crippen molar-refractivity contribution in [1.82, 2.24) is 0 Å². The first-order valence-electron chi connectivity index (χ1n) is 7.57. The fraction of sp³-hybridized carbons (Fsp3) is 1.00. The van der Waals surface area contributed by atoms with Gasteiger partial charge in [0.1, 0.15) is 0 Å². The van der Waals surface area contributed by atoms with Crippen LogP contribution in [0.5, 0.6) is 0 Å². The average molecular weight is 340 g/mol. The molecule has 0 aliphatic heterocycles. The summed E-state index contributed by atoms with van der Waals surface area (Å²) in [6, 6.07) is 0. The molecule has 2 heteroatoms. The molecular formula is C15H33MoP.